The first-order valence-corrected chi connectivity index (χ1v) is 21.7. The van der Waals surface area contributed by atoms with Gasteiger partial charge < -0.3 is 23.7 Å². The molecule has 1 saturated heterocycles. The summed E-state index contributed by atoms with van der Waals surface area (Å²) in [5, 5.41) is -5.13. The topological polar surface area (TPSA) is 186 Å². The highest BCUT2D eigenvalue weighted by Gasteiger charge is 2.76. The molecular formula is C39H46F2O13S. The summed E-state index contributed by atoms with van der Waals surface area (Å²) in [6.07, 6.45) is 6.49. The Labute approximate surface area is 316 Å². The molecule has 0 aromatic carbocycles. The second-order valence-electron chi connectivity index (χ2n) is 20.1. The number of Topliss-reactive ketones (excluding diaryl/α,β-unsaturated/α-hetero) is 2. The molecular weight excluding hydrogens is 746 g/mol. The Balaban J connectivity index is 0.837. The van der Waals surface area contributed by atoms with Gasteiger partial charge in [-0.3, -0.25) is 23.7 Å². The number of hydrogen-bond acceptors (Lipinski definition) is 12. The highest BCUT2D eigenvalue weighted by molar-refractivity contribution is 7.87. The number of hydrogen-bond donors (Lipinski definition) is 1. The van der Waals surface area contributed by atoms with Crippen LogP contribution < -0.4 is 0 Å². The molecule has 16 heteroatoms. The van der Waals surface area contributed by atoms with E-state index in [4.69, 9.17) is 28.2 Å². The zero-order valence-corrected chi connectivity index (χ0v) is 31.2. The predicted molar refractivity (Wildman–Crippen MR) is 178 cm³/mol. The van der Waals surface area contributed by atoms with Crippen molar-refractivity contribution in [3.05, 3.63) is 0 Å². The summed E-state index contributed by atoms with van der Waals surface area (Å²) in [5.41, 5.74) is -2.97. The van der Waals surface area contributed by atoms with Crippen molar-refractivity contribution >= 4 is 39.6 Å². The summed E-state index contributed by atoms with van der Waals surface area (Å²) in [6, 6.07) is 0. The van der Waals surface area contributed by atoms with E-state index in [-0.39, 0.29) is 91.0 Å². The second-order valence-corrected chi connectivity index (χ2v) is 21.5. The third kappa shape index (κ3) is 4.65. The molecule has 0 amide bonds. The van der Waals surface area contributed by atoms with Crippen molar-refractivity contribution in [3.63, 3.8) is 0 Å². The van der Waals surface area contributed by atoms with E-state index in [1.165, 1.54) is 0 Å². The van der Waals surface area contributed by atoms with Crippen LogP contribution in [-0.4, -0.2) is 84.5 Å². The molecule has 13 aliphatic rings. The molecule has 2 spiro atoms. The molecule has 11 bridgehead atoms. The Morgan fingerprint density at radius 3 is 1.91 bits per heavy atom. The molecule has 11 unspecified atom stereocenters. The van der Waals surface area contributed by atoms with Crippen molar-refractivity contribution in [3.8, 4) is 0 Å². The Morgan fingerprint density at radius 2 is 1.29 bits per heavy atom. The predicted octanol–water partition coefficient (Wildman–Crippen LogP) is 3.95. The van der Waals surface area contributed by atoms with Crippen LogP contribution in [0, 0.1) is 69.5 Å². The van der Waals surface area contributed by atoms with Crippen molar-refractivity contribution in [2.75, 3.05) is 13.2 Å². The monoisotopic (exact) mass is 792 g/mol. The van der Waals surface area contributed by atoms with Crippen molar-refractivity contribution in [1.82, 2.24) is 0 Å². The highest BCUT2D eigenvalue weighted by Crippen LogP contribution is 2.78. The van der Waals surface area contributed by atoms with E-state index in [0.29, 0.717) is 63.2 Å². The maximum Gasteiger partial charge on any atom is 0.465 e. The van der Waals surface area contributed by atoms with Gasteiger partial charge >= 0.3 is 33.3 Å². The van der Waals surface area contributed by atoms with Crippen LogP contribution in [0.25, 0.3) is 0 Å². The molecule has 12 aliphatic carbocycles. The van der Waals surface area contributed by atoms with Gasteiger partial charge in [0.15, 0.2) is 5.79 Å². The van der Waals surface area contributed by atoms with Crippen LogP contribution in [0.4, 0.5) is 8.78 Å². The molecule has 1 aliphatic heterocycles. The summed E-state index contributed by atoms with van der Waals surface area (Å²) in [4.78, 5) is 66.4. The Kier molecular flexibility index (Phi) is 7.07. The molecule has 11 atom stereocenters. The number of carbonyl (C=O) groups excluding carboxylic acids is 5. The second kappa shape index (κ2) is 10.9. The molecule has 1 N–H and O–H groups in total. The van der Waals surface area contributed by atoms with Gasteiger partial charge in [0.05, 0.1) is 10.8 Å². The summed E-state index contributed by atoms with van der Waals surface area (Å²) in [7, 11) is -6.06. The van der Waals surface area contributed by atoms with Crippen LogP contribution in [0.2, 0.25) is 0 Å². The van der Waals surface area contributed by atoms with E-state index < -0.39 is 67.6 Å². The number of fused-ring (bicyclic) bond motifs is 2. The smallest absolute Gasteiger partial charge is 0.462 e. The maximum atomic E-state index is 14.4. The highest BCUT2D eigenvalue weighted by atomic mass is 32.2. The summed E-state index contributed by atoms with van der Waals surface area (Å²) in [5.74, 6) is -4.48. The average molecular weight is 793 g/mol. The Hall–Kier alpha value is -2.56. The quantitative estimate of drug-likeness (QED) is 0.201. The van der Waals surface area contributed by atoms with Gasteiger partial charge in [-0.05, 0) is 119 Å². The van der Waals surface area contributed by atoms with Crippen LogP contribution in [0.15, 0.2) is 0 Å². The fourth-order valence-electron chi connectivity index (χ4n) is 15.5. The summed E-state index contributed by atoms with van der Waals surface area (Å²) in [6.45, 7) is -0.392. The standard InChI is InChI=1S/C39H46F2O13S/c40-39(41,55(47,48)49)33(46)54-36-7-19-3-24(13-36)38(25(4-19)14-36)52-27(15-50-31(44)34-6-18-1-20(8-34)29(42)21(2-18)9-34)28(53-38)16-51-32(45)35-10-22-11-37(17-35)23(12-35)5-26(37)30(22)43/h18-28H,1-17H2,(H,47,48,49). The first kappa shape index (κ1) is 35.6. The van der Waals surface area contributed by atoms with Crippen molar-refractivity contribution in [2.24, 2.45) is 69.5 Å². The SMILES string of the molecule is O=C1C2CC3CC1CC(C(=O)OCC1OC4(OC1COC(=O)C15CC6CC7(C1)C(CC7C6=O)C5)C1CC5CC4CC(OC(=O)C(F)(F)S(=O)(=O)O)(C5)C1)(C3)C2. The number of carbonyl (C=O) groups is 5. The summed E-state index contributed by atoms with van der Waals surface area (Å²) < 4.78 is 91.5. The molecule has 0 radical (unpaired) electrons. The lowest BCUT2D eigenvalue weighted by Gasteiger charge is -2.62. The van der Waals surface area contributed by atoms with Crippen LogP contribution in [-0.2, 0) is 57.8 Å². The summed E-state index contributed by atoms with van der Waals surface area (Å²) >= 11 is 0. The van der Waals surface area contributed by atoms with Gasteiger partial charge in [0.1, 0.15) is 42.6 Å². The zero-order valence-electron chi connectivity index (χ0n) is 30.4. The fraction of sp³-hybridized carbons (Fsp3) is 0.872. The number of ketones is 2. The number of rotatable bonds is 9. The molecule has 1 heterocycles. The average Bonchev–Trinajstić information content (AvgIpc) is 3.62. The van der Waals surface area contributed by atoms with Crippen molar-refractivity contribution in [1.29, 1.82) is 0 Å². The number of esters is 3. The molecule has 13 fully saturated rings. The van der Waals surface area contributed by atoms with Gasteiger partial charge in [-0.15, -0.1) is 0 Å². The van der Waals surface area contributed by atoms with Crippen LogP contribution in [0.5, 0.6) is 0 Å². The van der Waals surface area contributed by atoms with Gasteiger partial charge in [-0.25, -0.2) is 4.79 Å². The van der Waals surface area contributed by atoms with Crippen LogP contribution >= 0.6 is 0 Å². The molecule has 12 saturated carbocycles. The number of alkyl halides is 2. The fourth-order valence-corrected chi connectivity index (χ4v) is 15.8. The van der Waals surface area contributed by atoms with Crippen LogP contribution in [0.1, 0.15) is 96.3 Å². The van der Waals surface area contributed by atoms with E-state index in [1.807, 2.05) is 0 Å². The third-order valence-corrected chi connectivity index (χ3v) is 18.0. The van der Waals surface area contributed by atoms with Gasteiger partial charge in [0, 0.05) is 35.5 Å². The molecule has 13 rings (SSSR count). The Bertz CT molecular complexity index is 1900. The van der Waals surface area contributed by atoms with Gasteiger partial charge in [-0.1, -0.05) is 0 Å². The van der Waals surface area contributed by atoms with E-state index in [9.17, 15) is 41.2 Å². The lowest BCUT2D eigenvalue weighted by Crippen LogP contribution is -2.66. The maximum absolute atomic E-state index is 14.4. The van der Waals surface area contributed by atoms with Crippen LogP contribution in [0.3, 0.4) is 0 Å². The molecule has 0 aromatic rings. The van der Waals surface area contributed by atoms with Gasteiger partial charge in [0.25, 0.3) is 0 Å². The molecule has 55 heavy (non-hydrogen) atoms. The van der Waals surface area contributed by atoms with E-state index >= 15 is 0 Å². The van der Waals surface area contributed by atoms with E-state index in [1.54, 1.807) is 0 Å². The first-order valence-electron chi connectivity index (χ1n) is 20.2. The first-order chi connectivity index (χ1) is 25.9. The van der Waals surface area contributed by atoms with Gasteiger partial charge in [0.2, 0.25) is 0 Å². The Morgan fingerprint density at radius 1 is 0.709 bits per heavy atom. The lowest BCUT2D eigenvalue weighted by molar-refractivity contribution is -0.326. The molecule has 13 nitrogen and oxygen atoms in total. The van der Waals surface area contributed by atoms with Gasteiger partial charge in [-0.2, -0.15) is 17.2 Å². The largest absolute Gasteiger partial charge is 0.465 e. The molecule has 300 valence electrons. The van der Waals surface area contributed by atoms with Crippen molar-refractivity contribution in [2.45, 2.75) is 125 Å². The van der Waals surface area contributed by atoms with Crippen molar-refractivity contribution < 1.29 is 69.4 Å². The normalized spacial score (nSPS) is 51.8. The van der Waals surface area contributed by atoms with E-state index in [2.05, 4.69) is 0 Å². The number of ether oxygens (including phenoxy) is 5. The lowest BCUT2D eigenvalue weighted by atomic mass is 9.49. The third-order valence-electron chi connectivity index (χ3n) is 17.2. The molecule has 0 aromatic heterocycles. The number of halogens is 2. The van der Waals surface area contributed by atoms with E-state index in [0.717, 1.165) is 25.7 Å². The minimum absolute atomic E-state index is 0.0385. The zero-order chi connectivity index (χ0) is 38.3. The minimum atomic E-state index is -6.06. The minimum Gasteiger partial charge on any atom is -0.462 e.